The van der Waals surface area contributed by atoms with Gasteiger partial charge in [0.25, 0.3) is 0 Å². The van der Waals surface area contributed by atoms with Crippen LogP contribution in [-0.4, -0.2) is 30.6 Å². The quantitative estimate of drug-likeness (QED) is 0.856. The fourth-order valence-corrected chi connectivity index (χ4v) is 2.65. The number of nitrogens with zero attached hydrogens (tertiary/aromatic N) is 1. The maximum absolute atomic E-state index is 5.99. The highest BCUT2D eigenvalue weighted by atomic mass is 16.5. The predicted molar refractivity (Wildman–Crippen MR) is 79.3 cm³/mol. The molecule has 0 saturated carbocycles. The number of hydrogen-bond acceptors (Lipinski definition) is 3. The molecule has 0 amide bonds. The number of rotatable bonds is 6. The average Bonchev–Trinajstić information content (AvgIpc) is 2.85. The van der Waals surface area contributed by atoms with Crippen LogP contribution in [0.1, 0.15) is 32.3 Å². The van der Waals surface area contributed by atoms with E-state index in [1.807, 2.05) is 6.07 Å². The van der Waals surface area contributed by atoms with Crippen LogP contribution >= 0.6 is 0 Å². The minimum atomic E-state index is 0.309. The summed E-state index contributed by atoms with van der Waals surface area (Å²) in [5.41, 5.74) is 7.32. The molecule has 19 heavy (non-hydrogen) atoms. The Morgan fingerprint density at radius 3 is 3.00 bits per heavy atom. The van der Waals surface area contributed by atoms with Crippen molar-refractivity contribution < 1.29 is 4.74 Å². The van der Waals surface area contributed by atoms with E-state index in [0.717, 1.165) is 38.4 Å². The summed E-state index contributed by atoms with van der Waals surface area (Å²) in [5.74, 6) is 1.64. The fraction of sp³-hybridized carbons (Fsp3) is 0.625. The number of ether oxygens (including phenoxy) is 1. The van der Waals surface area contributed by atoms with Gasteiger partial charge in [-0.25, -0.2) is 0 Å². The van der Waals surface area contributed by atoms with Crippen LogP contribution in [0.5, 0.6) is 5.75 Å². The summed E-state index contributed by atoms with van der Waals surface area (Å²) in [4.78, 5) is 2.49. The SMILES string of the molecule is CCCOc1cccc(CN2CCC(C(C)N)C2)c1. The molecule has 2 rings (SSSR count). The molecule has 0 spiro atoms. The van der Waals surface area contributed by atoms with Crippen LogP contribution < -0.4 is 10.5 Å². The van der Waals surface area contributed by atoms with Crippen LogP contribution in [0.2, 0.25) is 0 Å². The molecular formula is C16H26N2O. The van der Waals surface area contributed by atoms with Crippen LogP contribution in [-0.2, 0) is 6.54 Å². The lowest BCUT2D eigenvalue weighted by molar-refractivity contribution is 0.303. The molecule has 3 nitrogen and oxygen atoms in total. The molecule has 2 atom stereocenters. The second-order valence-electron chi connectivity index (χ2n) is 5.64. The Bertz CT molecular complexity index is 392. The summed E-state index contributed by atoms with van der Waals surface area (Å²) < 4.78 is 5.68. The average molecular weight is 262 g/mol. The van der Waals surface area contributed by atoms with Crippen molar-refractivity contribution in [3.8, 4) is 5.75 Å². The van der Waals surface area contributed by atoms with Crippen molar-refractivity contribution in [2.75, 3.05) is 19.7 Å². The molecule has 1 saturated heterocycles. The largest absolute Gasteiger partial charge is 0.494 e. The Morgan fingerprint density at radius 2 is 2.32 bits per heavy atom. The molecule has 0 bridgehead atoms. The fourth-order valence-electron chi connectivity index (χ4n) is 2.65. The zero-order valence-corrected chi connectivity index (χ0v) is 12.1. The molecule has 1 aliphatic rings. The summed E-state index contributed by atoms with van der Waals surface area (Å²) in [6.07, 6.45) is 2.27. The lowest BCUT2D eigenvalue weighted by atomic mass is 10.0. The first-order chi connectivity index (χ1) is 9.19. The minimum Gasteiger partial charge on any atom is -0.494 e. The van der Waals surface area contributed by atoms with E-state index in [2.05, 4.69) is 36.9 Å². The number of likely N-dealkylation sites (tertiary alicyclic amines) is 1. The van der Waals surface area contributed by atoms with E-state index in [4.69, 9.17) is 10.5 Å². The van der Waals surface area contributed by atoms with Gasteiger partial charge in [0.2, 0.25) is 0 Å². The molecule has 0 aliphatic carbocycles. The molecule has 1 aliphatic heterocycles. The highest BCUT2D eigenvalue weighted by Gasteiger charge is 2.24. The molecule has 1 heterocycles. The molecule has 2 unspecified atom stereocenters. The number of benzene rings is 1. The third kappa shape index (κ3) is 4.22. The molecule has 106 valence electrons. The highest BCUT2D eigenvalue weighted by Crippen LogP contribution is 2.22. The molecule has 0 aromatic heterocycles. The van der Waals surface area contributed by atoms with Gasteiger partial charge in [0.15, 0.2) is 0 Å². The van der Waals surface area contributed by atoms with Gasteiger partial charge in [-0.1, -0.05) is 19.1 Å². The second-order valence-corrected chi connectivity index (χ2v) is 5.64. The highest BCUT2D eigenvalue weighted by molar-refractivity contribution is 5.28. The van der Waals surface area contributed by atoms with E-state index in [1.165, 1.54) is 12.0 Å². The first kappa shape index (κ1) is 14.4. The topological polar surface area (TPSA) is 38.5 Å². The van der Waals surface area contributed by atoms with E-state index in [0.29, 0.717) is 12.0 Å². The van der Waals surface area contributed by atoms with Crippen LogP contribution in [0.25, 0.3) is 0 Å². The second kappa shape index (κ2) is 6.92. The maximum Gasteiger partial charge on any atom is 0.119 e. The van der Waals surface area contributed by atoms with E-state index >= 15 is 0 Å². The lowest BCUT2D eigenvalue weighted by Gasteiger charge is -2.18. The first-order valence-electron chi connectivity index (χ1n) is 7.38. The Morgan fingerprint density at radius 1 is 1.47 bits per heavy atom. The number of nitrogens with two attached hydrogens (primary N) is 1. The van der Waals surface area contributed by atoms with E-state index in [-0.39, 0.29) is 0 Å². The zero-order valence-electron chi connectivity index (χ0n) is 12.1. The summed E-state index contributed by atoms with van der Waals surface area (Å²) in [7, 11) is 0. The molecule has 2 N–H and O–H groups in total. The van der Waals surface area contributed by atoms with E-state index in [1.54, 1.807) is 0 Å². The van der Waals surface area contributed by atoms with Gasteiger partial charge in [-0.2, -0.15) is 0 Å². The van der Waals surface area contributed by atoms with Crippen LogP contribution in [0.4, 0.5) is 0 Å². The standard InChI is InChI=1S/C16H26N2O/c1-3-9-19-16-6-4-5-14(10-16)11-18-8-7-15(12-18)13(2)17/h4-6,10,13,15H,3,7-9,11-12,17H2,1-2H3. The van der Waals surface area contributed by atoms with Gasteiger partial charge in [0.1, 0.15) is 5.75 Å². The minimum absolute atomic E-state index is 0.309. The molecule has 0 radical (unpaired) electrons. The van der Waals surface area contributed by atoms with Crippen molar-refractivity contribution in [2.45, 2.75) is 39.3 Å². The Hall–Kier alpha value is -1.06. The van der Waals surface area contributed by atoms with Crippen molar-refractivity contribution in [1.29, 1.82) is 0 Å². The van der Waals surface area contributed by atoms with Crippen LogP contribution in [0, 0.1) is 5.92 Å². The Kier molecular flexibility index (Phi) is 5.23. The first-order valence-corrected chi connectivity index (χ1v) is 7.38. The van der Waals surface area contributed by atoms with Gasteiger partial charge in [-0.3, -0.25) is 4.90 Å². The summed E-state index contributed by atoms with van der Waals surface area (Å²) in [6, 6.07) is 8.77. The zero-order chi connectivity index (χ0) is 13.7. The Labute approximate surface area is 116 Å². The maximum atomic E-state index is 5.99. The van der Waals surface area contributed by atoms with Crippen LogP contribution in [0.15, 0.2) is 24.3 Å². The van der Waals surface area contributed by atoms with Gasteiger partial charge >= 0.3 is 0 Å². The molecule has 1 aromatic rings. The summed E-state index contributed by atoms with van der Waals surface area (Å²) in [5, 5.41) is 0. The van der Waals surface area contributed by atoms with Gasteiger partial charge in [0.05, 0.1) is 6.61 Å². The van der Waals surface area contributed by atoms with Gasteiger partial charge in [0, 0.05) is 19.1 Å². The number of hydrogen-bond donors (Lipinski definition) is 1. The molecule has 1 fully saturated rings. The van der Waals surface area contributed by atoms with Crippen molar-refractivity contribution in [3.05, 3.63) is 29.8 Å². The van der Waals surface area contributed by atoms with Crippen LogP contribution in [0.3, 0.4) is 0 Å². The van der Waals surface area contributed by atoms with Gasteiger partial charge < -0.3 is 10.5 Å². The summed E-state index contributed by atoms with van der Waals surface area (Å²) >= 11 is 0. The molecule has 1 aromatic carbocycles. The normalized spacial score (nSPS) is 21.5. The van der Waals surface area contributed by atoms with Crippen molar-refractivity contribution in [1.82, 2.24) is 4.90 Å². The van der Waals surface area contributed by atoms with E-state index in [9.17, 15) is 0 Å². The van der Waals surface area contributed by atoms with E-state index < -0.39 is 0 Å². The molecule has 3 heteroatoms. The van der Waals surface area contributed by atoms with Crippen molar-refractivity contribution in [3.63, 3.8) is 0 Å². The molecular weight excluding hydrogens is 236 g/mol. The Balaban J connectivity index is 1.89. The lowest BCUT2D eigenvalue weighted by Crippen LogP contribution is -2.29. The van der Waals surface area contributed by atoms with Gasteiger partial charge in [-0.15, -0.1) is 0 Å². The monoisotopic (exact) mass is 262 g/mol. The third-order valence-electron chi connectivity index (χ3n) is 3.83. The predicted octanol–water partition coefficient (Wildman–Crippen LogP) is 2.64. The third-order valence-corrected chi connectivity index (χ3v) is 3.83. The smallest absolute Gasteiger partial charge is 0.119 e. The summed E-state index contributed by atoms with van der Waals surface area (Å²) in [6.45, 7) is 8.33. The van der Waals surface area contributed by atoms with Crippen molar-refractivity contribution >= 4 is 0 Å². The van der Waals surface area contributed by atoms with Gasteiger partial charge in [-0.05, 0) is 49.9 Å². The van der Waals surface area contributed by atoms with Crippen molar-refractivity contribution in [2.24, 2.45) is 11.7 Å².